The summed E-state index contributed by atoms with van der Waals surface area (Å²) >= 11 is 0. The molecule has 36 heavy (non-hydrogen) atoms. The molecule has 3 aromatic rings. The van der Waals surface area contributed by atoms with Crippen LogP contribution in [0, 0.1) is 17.1 Å². The Morgan fingerprint density at radius 2 is 1.58 bits per heavy atom. The van der Waals surface area contributed by atoms with Gasteiger partial charge >= 0.3 is 6.36 Å². The predicted octanol–water partition coefficient (Wildman–Crippen LogP) is 6.20. The highest BCUT2D eigenvalue weighted by Gasteiger charge is 2.31. The summed E-state index contributed by atoms with van der Waals surface area (Å²) in [6, 6.07) is 13.3. The van der Waals surface area contributed by atoms with Crippen molar-refractivity contribution in [3.63, 3.8) is 0 Å². The van der Waals surface area contributed by atoms with Gasteiger partial charge in [0.15, 0.2) is 5.82 Å². The molecule has 0 atom stereocenters. The summed E-state index contributed by atoms with van der Waals surface area (Å²) in [5, 5.41) is 8.92. The molecule has 0 N–H and O–H groups in total. The average molecular weight is 501 g/mol. The molecule has 0 spiro atoms. The minimum atomic E-state index is -4.91. The van der Waals surface area contributed by atoms with E-state index in [0.29, 0.717) is 18.7 Å². The number of ether oxygens (including phenoxy) is 3. The second-order valence-electron chi connectivity index (χ2n) is 7.84. The lowest BCUT2D eigenvalue weighted by molar-refractivity contribution is -0.274. The molecule has 0 unspecified atom stereocenters. The molecule has 0 bridgehead atoms. The summed E-state index contributed by atoms with van der Waals surface area (Å²) < 4.78 is 67.9. The zero-order chi connectivity index (χ0) is 25.7. The topological polar surface area (TPSA) is 84.7 Å². The standard InChI is InChI=1S/C25H19F4N3O4/c26-21-14-20(24(33)32-11-2-1-3-12-32)22(31-23(21)34-17-9-7-16(15-30)8-10-17)35-18-5-4-6-19(13-18)36-25(27,28)29/h4-10,13-14H,1-3,11-12H2. The van der Waals surface area contributed by atoms with Crippen LogP contribution in [0.2, 0.25) is 0 Å². The maximum atomic E-state index is 15.0. The molecule has 4 rings (SSSR count). The lowest BCUT2D eigenvalue weighted by Gasteiger charge is -2.27. The van der Waals surface area contributed by atoms with Crippen molar-refractivity contribution >= 4 is 5.91 Å². The monoisotopic (exact) mass is 501 g/mol. The number of hydrogen-bond acceptors (Lipinski definition) is 6. The Kier molecular flexibility index (Phi) is 7.24. The van der Waals surface area contributed by atoms with E-state index in [4.69, 9.17) is 14.7 Å². The van der Waals surface area contributed by atoms with Crippen molar-refractivity contribution in [2.75, 3.05) is 13.1 Å². The number of rotatable bonds is 6. The quantitative estimate of drug-likeness (QED) is 0.374. The molecule has 1 saturated heterocycles. The number of carbonyl (C=O) groups excluding carboxylic acids is 1. The van der Waals surface area contributed by atoms with Crippen LogP contribution >= 0.6 is 0 Å². The van der Waals surface area contributed by atoms with Gasteiger partial charge in [-0.25, -0.2) is 4.39 Å². The SMILES string of the molecule is N#Cc1ccc(Oc2nc(Oc3cccc(OC(F)(F)F)c3)c(C(=O)N3CCCCC3)cc2F)cc1. The van der Waals surface area contributed by atoms with Crippen molar-refractivity contribution in [3.8, 4) is 35.1 Å². The highest BCUT2D eigenvalue weighted by molar-refractivity contribution is 5.96. The minimum Gasteiger partial charge on any atom is -0.438 e. The largest absolute Gasteiger partial charge is 0.573 e. The Balaban J connectivity index is 1.69. The Morgan fingerprint density at radius 1 is 0.917 bits per heavy atom. The highest BCUT2D eigenvalue weighted by Crippen LogP contribution is 2.34. The molecule has 1 aliphatic heterocycles. The summed E-state index contributed by atoms with van der Waals surface area (Å²) in [6.45, 7) is 0.941. The fourth-order valence-corrected chi connectivity index (χ4v) is 3.58. The second-order valence-corrected chi connectivity index (χ2v) is 7.84. The van der Waals surface area contributed by atoms with E-state index in [-0.39, 0.29) is 22.9 Å². The third-order valence-corrected chi connectivity index (χ3v) is 5.23. The van der Waals surface area contributed by atoms with Crippen molar-refractivity contribution < 1.29 is 36.6 Å². The minimum absolute atomic E-state index is 0.118. The molecule has 1 aromatic heterocycles. The first-order chi connectivity index (χ1) is 17.2. The predicted molar refractivity (Wildman–Crippen MR) is 118 cm³/mol. The van der Waals surface area contributed by atoms with Gasteiger partial charge in [0.05, 0.1) is 11.6 Å². The van der Waals surface area contributed by atoms with Crippen LogP contribution in [0.25, 0.3) is 0 Å². The van der Waals surface area contributed by atoms with E-state index in [0.717, 1.165) is 37.5 Å². The first kappa shape index (κ1) is 24.8. The molecule has 1 fully saturated rings. The van der Waals surface area contributed by atoms with Crippen LogP contribution in [0.5, 0.6) is 29.0 Å². The summed E-state index contributed by atoms with van der Waals surface area (Å²) in [5.41, 5.74) is 0.159. The Hall–Kier alpha value is -4.33. The van der Waals surface area contributed by atoms with Crippen LogP contribution < -0.4 is 14.2 Å². The van der Waals surface area contributed by atoms with Gasteiger partial charge in [-0.15, -0.1) is 13.2 Å². The van der Waals surface area contributed by atoms with E-state index in [1.165, 1.54) is 41.3 Å². The van der Waals surface area contributed by atoms with Crippen LogP contribution in [-0.2, 0) is 0 Å². The molecular weight excluding hydrogens is 482 g/mol. The molecule has 1 aliphatic rings. The van der Waals surface area contributed by atoms with Crippen LogP contribution in [0.3, 0.4) is 0 Å². The van der Waals surface area contributed by atoms with E-state index in [2.05, 4.69) is 9.72 Å². The van der Waals surface area contributed by atoms with Crippen molar-refractivity contribution in [2.24, 2.45) is 0 Å². The van der Waals surface area contributed by atoms with E-state index >= 15 is 0 Å². The van der Waals surface area contributed by atoms with Gasteiger partial charge in [0, 0.05) is 19.2 Å². The van der Waals surface area contributed by atoms with Crippen molar-refractivity contribution in [3.05, 3.63) is 71.5 Å². The number of amides is 1. The maximum absolute atomic E-state index is 15.0. The van der Waals surface area contributed by atoms with Gasteiger partial charge in [-0.05, 0) is 61.7 Å². The molecule has 2 heterocycles. The van der Waals surface area contributed by atoms with Crippen LogP contribution in [0.4, 0.5) is 17.6 Å². The van der Waals surface area contributed by atoms with Crippen LogP contribution in [0.15, 0.2) is 54.6 Å². The molecule has 7 nitrogen and oxygen atoms in total. The van der Waals surface area contributed by atoms with Gasteiger partial charge in [0.25, 0.3) is 11.8 Å². The van der Waals surface area contributed by atoms with Gasteiger partial charge < -0.3 is 19.1 Å². The maximum Gasteiger partial charge on any atom is 0.573 e. The van der Waals surface area contributed by atoms with Gasteiger partial charge in [-0.2, -0.15) is 10.2 Å². The summed E-state index contributed by atoms with van der Waals surface area (Å²) in [5.74, 6) is -2.83. The Bertz CT molecular complexity index is 1280. The highest BCUT2D eigenvalue weighted by atomic mass is 19.4. The third-order valence-electron chi connectivity index (χ3n) is 5.23. The van der Waals surface area contributed by atoms with E-state index in [1.54, 1.807) is 0 Å². The number of piperidine rings is 1. The van der Waals surface area contributed by atoms with E-state index in [9.17, 15) is 22.4 Å². The third kappa shape index (κ3) is 6.21. The van der Waals surface area contributed by atoms with Gasteiger partial charge in [-0.1, -0.05) is 6.07 Å². The molecule has 0 aliphatic carbocycles. The molecular formula is C25H19F4N3O4. The first-order valence-electron chi connectivity index (χ1n) is 10.9. The Labute approximate surface area is 203 Å². The number of nitriles is 1. The normalized spacial score (nSPS) is 13.6. The fourth-order valence-electron chi connectivity index (χ4n) is 3.58. The number of pyridine rings is 1. The van der Waals surface area contributed by atoms with Crippen molar-refractivity contribution in [1.82, 2.24) is 9.88 Å². The Morgan fingerprint density at radius 3 is 2.25 bits per heavy atom. The summed E-state index contributed by atoms with van der Waals surface area (Å²) in [6.07, 6.45) is -2.38. The number of nitrogens with zero attached hydrogens (tertiary/aromatic N) is 3. The number of aromatic nitrogens is 1. The number of alkyl halides is 3. The molecule has 11 heteroatoms. The molecule has 0 radical (unpaired) electrons. The van der Waals surface area contributed by atoms with Crippen molar-refractivity contribution in [1.29, 1.82) is 5.26 Å². The van der Waals surface area contributed by atoms with Crippen LogP contribution in [0.1, 0.15) is 35.2 Å². The fraction of sp³-hybridized carbons (Fsp3) is 0.240. The molecule has 0 saturated carbocycles. The lowest BCUT2D eigenvalue weighted by Crippen LogP contribution is -2.36. The summed E-state index contributed by atoms with van der Waals surface area (Å²) in [7, 11) is 0. The molecule has 1 amide bonds. The first-order valence-corrected chi connectivity index (χ1v) is 10.9. The van der Waals surface area contributed by atoms with Gasteiger partial charge in [0.2, 0.25) is 5.88 Å². The average Bonchev–Trinajstić information content (AvgIpc) is 2.85. The number of benzene rings is 2. The zero-order valence-corrected chi connectivity index (χ0v) is 18.7. The molecule has 186 valence electrons. The number of hydrogen-bond donors (Lipinski definition) is 0. The molecule has 2 aromatic carbocycles. The lowest BCUT2D eigenvalue weighted by atomic mass is 10.1. The second kappa shape index (κ2) is 10.5. The zero-order valence-electron chi connectivity index (χ0n) is 18.7. The number of carbonyl (C=O) groups is 1. The van der Waals surface area contributed by atoms with Gasteiger partial charge in [0.1, 0.15) is 22.8 Å². The van der Waals surface area contributed by atoms with E-state index in [1.807, 2.05) is 6.07 Å². The smallest absolute Gasteiger partial charge is 0.438 e. The van der Waals surface area contributed by atoms with Crippen molar-refractivity contribution in [2.45, 2.75) is 25.6 Å². The van der Waals surface area contributed by atoms with Gasteiger partial charge in [-0.3, -0.25) is 4.79 Å². The summed E-state index contributed by atoms with van der Waals surface area (Å²) in [4.78, 5) is 18.7. The number of likely N-dealkylation sites (tertiary alicyclic amines) is 1. The van der Waals surface area contributed by atoms with E-state index < -0.39 is 29.7 Å². The number of halogens is 4. The van der Waals surface area contributed by atoms with Crippen LogP contribution in [-0.4, -0.2) is 35.2 Å².